The van der Waals surface area contributed by atoms with E-state index in [9.17, 15) is 4.79 Å². The van der Waals surface area contributed by atoms with E-state index in [0.29, 0.717) is 0 Å². The van der Waals surface area contributed by atoms with E-state index in [2.05, 4.69) is 27.3 Å². The van der Waals surface area contributed by atoms with Gasteiger partial charge in [-0.3, -0.25) is 9.69 Å². The summed E-state index contributed by atoms with van der Waals surface area (Å²) in [4.78, 5) is 13.6. The molecule has 0 saturated carbocycles. The van der Waals surface area contributed by atoms with Crippen LogP contribution in [-0.4, -0.2) is 29.9 Å². The van der Waals surface area contributed by atoms with Gasteiger partial charge in [0, 0.05) is 16.2 Å². The number of nitriles is 1. The number of halogens is 1. The molecule has 0 unspecified atom stereocenters. The van der Waals surface area contributed by atoms with Crippen molar-refractivity contribution >= 4 is 27.5 Å². The Bertz CT molecular complexity index is 454. The first kappa shape index (κ1) is 14.7. The Morgan fingerprint density at radius 2 is 2.28 bits per heavy atom. The topological polar surface area (TPSA) is 56.1 Å². The quantitative estimate of drug-likeness (QED) is 0.851. The van der Waals surface area contributed by atoms with Crippen LogP contribution in [0.1, 0.15) is 13.8 Å². The number of hydrogen-bond donors (Lipinski definition) is 1. The molecule has 18 heavy (non-hydrogen) atoms. The lowest BCUT2D eigenvalue weighted by Crippen LogP contribution is -2.38. The number of carbonyl (C=O) groups excluding carboxylic acids is 1. The summed E-state index contributed by atoms with van der Waals surface area (Å²) >= 11 is 3.35. The first-order chi connectivity index (χ1) is 8.52. The van der Waals surface area contributed by atoms with Crippen molar-refractivity contribution in [2.24, 2.45) is 0 Å². The third-order valence-electron chi connectivity index (χ3n) is 2.46. The number of nitrogens with zero attached hydrogens (tertiary/aromatic N) is 2. The molecule has 0 heterocycles. The van der Waals surface area contributed by atoms with Gasteiger partial charge in [-0.05, 0) is 32.0 Å². The predicted octanol–water partition coefficient (Wildman–Crippen LogP) is 2.62. The van der Waals surface area contributed by atoms with Crippen LogP contribution in [0.3, 0.4) is 0 Å². The van der Waals surface area contributed by atoms with E-state index in [1.807, 2.05) is 43.0 Å². The van der Waals surface area contributed by atoms with Crippen molar-refractivity contribution in [2.45, 2.75) is 19.9 Å². The summed E-state index contributed by atoms with van der Waals surface area (Å²) in [6.45, 7) is 4.40. The maximum atomic E-state index is 11.8. The van der Waals surface area contributed by atoms with Gasteiger partial charge in [0.15, 0.2) is 0 Å². The van der Waals surface area contributed by atoms with Crippen LogP contribution in [0.25, 0.3) is 0 Å². The zero-order chi connectivity index (χ0) is 13.5. The van der Waals surface area contributed by atoms with Crippen LogP contribution in [0.2, 0.25) is 0 Å². The maximum Gasteiger partial charge on any atom is 0.238 e. The van der Waals surface area contributed by atoms with Crippen molar-refractivity contribution in [3.8, 4) is 6.07 Å². The van der Waals surface area contributed by atoms with Gasteiger partial charge < -0.3 is 5.32 Å². The van der Waals surface area contributed by atoms with Crippen LogP contribution >= 0.6 is 15.9 Å². The minimum Gasteiger partial charge on any atom is -0.325 e. The maximum absolute atomic E-state index is 11.8. The Morgan fingerprint density at radius 3 is 2.83 bits per heavy atom. The highest BCUT2D eigenvalue weighted by atomic mass is 79.9. The molecule has 5 heteroatoms. The predicted molar refractivity (Wildman–Crippen MR) is 75.1 cm³/mol. The second kappa shape index (κ2) is 7.14. The summed E-state index contributed by atoms with van der Waals surface area (Å²) in [6, 6.07) is 9.64. The largest absolute Gasteiger partial charge is 0.325 e. The Labute approximate surface area is 116 Å². The molecule has 1 rings (SSSR count). The number of anilines is 1. The van der Waals surface area contributed by atoms with Crippen LogP contribution in [0.15, 0.2) is 28.7 Å². The van der Waals surface area contributed by atoms with Gasteiger partial charge in [-0.25, -0.2) is 0 Å². The Kier molecular flexibility index (Phi) is 5.83. The highest BCUT2D eigenvalue weighted by Crippen LogP contribution is 2.15. The molecule has 0 bridgehead atoms. The normalized spacial score (nSPS) is 10.4. The van der Waals surface area contributed by atoms with Crippen molar-refractivity contribution in [1.29, 1.82) is 5.26 Å². The number of benzene rings is 1. The summed E-state index contributed by atoms with van der Waals surface area (Å²) in [5.74, 6) is -0.114. The Morgan fingerprint density at radius 1 is 1.56 bits per heavy atom. The van der Waals surface area contributed by atoms with Crippen molar-refractivity contribution in [3.63, 3.8) is 0 Å². The molecule has 1 amide bonds. The third-order valence-corrected chi connectivity index (χ3v) is 2.95. The molecule has 0 aliphatic heterocycles. The molecule has 0 aliphatic carbocycles. The number of rotatable bonds is 5. The fourth-order valence-electron chi connectivity index (χ4n) is 1.46. The van der Waals surface area contributed by atoms with Crippen LogP contribution < -0.4 is 5.32 Å². The van der Waals surface area contributed by atoms with Crippen LogP contribution in [0.5, 0.6) is 0 Å². The molecule has 0 aliphatic rings. The lowest BCUT2D eigenvalue weighted by Gasteiger charge is -2.22. The second-order valence-electron chi connectivity index (χ2n) is 4.22. The van der Waals surface area contributed by atoms with E-state index in [-0.39, 0.29) is 25.0 Å². The molecular formula is C13H16BrN3O. The summed E-state index contributed by atoms with van der Waals surface area (Å²) < 4.78 is 0.915. The van der Waals surface area contributed by atoms with Gasteiger partial charge in [0.2, 0.25) is 5.91 Å². The van der Waals surface area contributed by atoms with E-state index in [4.69, 9.17) is 5.26 Å². The van der Waals surface area contributed by atoms with E-state index in [1.165, 1.54) is 0 Å². The molecule has 0 radical (unpaired) electrons. The molecule has 0 spiro atoms. The molecule has 4 nitrogen and oxygen atoms in total. The van der Waals surface area contributed by atoms with E-state index < -0.39 is 0 Å². The highest BCUT2D eigenvalue weighted by Gasteiger charge is 2.13. The summed E-state index contributed by atoms with van der Waals surface area (Å²) in [7, 11) is 0. The Balaban J connectivity index is 2.58. The minimum absolute atomic E-state index is 0.114. The van der Waals surface area contributed by atoms with Gasteiger partial charge in [0.1, 0.15) is 0 Å². The SMILES string of the molecule is CC(C)N(CC#N)CC(=O)Nc1cccc(Br)c1. The van der Waals surface area contributed by atoms with Gasteiger partial charge >= 0.3 is 0 Å². The highest BCUT2D eigenvalue weighted by molar-refractivity contribution is 9.10. The van der Waals surface area contributed by atoms with Crippen LogP contribution in [0, 0.1) is 11.3 Å². The molecule has 0 saturated heterocycles. The van der Waals surface area contributed by atoms with Crippen LogP contribution in [0.4, 0.5) is 5.69 Å². The number of nitrogens with one attached hydrogen (secondary N) is 1. The third kappa shape index (κ3) is 4.86. The van der Waals surface area contributed by atoms with E-state index in [1.54, 1.807) is 0 Å². The zero-order valence-corrected chi connectivity index (χ0v) is 12.1. The summed E-state index contributed by atoms with van der Waals surface area (Å²) in [5.41, 5.74) is 0.745. The second-order valence-corrected chi connectivity index (χ2v) is 5.13. The minimum atomic E-state index is -0.114. The molecule has 96 valence electrons. The molecular weight excluding hydrogens is 294 g/mol. The molecule has 0 fully saturated rings. The van der Waals surface area contributed by atoms with E-state index in [0.717, 1.165) is 10.2 Å². The zero-order valence-electron chi connectivity index (χ0n) is 10.5. The lowest BCUT2D eigenvalue weighted by molar-refractivity contribution is -0.117. The van der Waals surface area contributed by atoms with Crippen molar-refractivity contribution in [1.82, 2.24) is 4.90 Å². The van der Waals surface area contributed by atoms with Crippen molar-refractivity contribution in [2.75, 3.05) is 18.4 Å². The van der Waals surface area contributed by atoms with Crippen molar-refractivity contribution < 1.29 is 4.79 Å². The summed E-state index contributed by atoms with van der Waals surface area (Å²) in [5, 5.41) is 11.5. The average Bonchev–Trinajstić information content (AvgIpc) is 2.28. The Hall–Kier alpha value is -1.38. The smallest absolute Gasteiger partial charge is 0.238 e. The van der Waals surface area contributed by atoms with E-state index >= 15 is 0 Å². The summed E-state index contributed by atoms with van der Waals surface area (Å²) in [6.07, 6.45) is 0. The molecule has 1 aromatic rings. The lowest BCUT2D eigenvalue weighted by atomic mass is 10.3. The molecule has 1 aromatic carbocycles. The monoisotopic (exact) mass is 309 g/mol. The number of amides is 1. The first-order valence-corrected chi connectivity index (χ1v) is 6.48. The van der Waals surface area contributed by atoms with Gasteiger partial charge in [-0.15, -0.1) is 0 Å². The van der Waals surface area contributed by atoms with Gasteiger partial charge in [-0.1, -0.05) is 22.0 Å². The fourth-order valence-corrected chi connectivity index (χ4v) is 1.86. The molecule has 0 atom stereocenters. The molecule has 0 aromatic heterocycles. The van der Waals surface area contributed by atoms with Gasteiger partial charge in [-0.2, -0.15) is 5.26 Å². The van der Waals surface area contributed by atoms with Crippen molar-refractivity contribution in [3.05, 3.63) is 28.7 Å². The average molecular weight is 310 g/mol. The van der Waals surface area contributed by atoms with Gasteiger partial charge in [0.25, 0.3) is 0 Å². The number of hydrogen-bond acceptors (Lipinski definition) is 3. The molecule has 1 N–H and O–H groups in total. The van der Waals surface area contributed by atoms with Crippen LogP contribution in [-0.2, 0) is 4.79 Å². The standard InChI is InChI=1S/C13H16BrN3O/c1-10(2)17(7-6-15)9-13(18)16-12-5-3-4-11(14)8-12/h3-5,8,10H,7,9H2,1-2H3,(H,16,18). The first-order valence-electron chi connectivity index (χ1n) is 5.69. The fraction of sp³-hybridized carbons (Fsp3) is 0.385. The number of carbonyl (C=O) groups is 1. The van der Waals surface area contributed by atoms with Gasteiger partial charge in [0.05, 0.1) is 19.2 Å².